The monoisotopic (exact) mass is 399 g/mol. The van der Waals surface area contributed by atoms with Gasteiger partial charge in [-0.3, -0.25) is 0 Å². The number of alkyl halides is 2. The zero-order valence-electron chi connectivity index (χ0n) is 11.7. The van der Waals surface area contributed by atoms with Crippen molar-refractivity contribution in [3.8, 4) is 5.75 Å². The van der Waals surface area contributed by atoms with Crippen LogP contribution in [-0.2, 0) is 10.7 Å². The second-order valence-electron chi connectivity index (χ2n) is 4.13. The van der Waals surface area contributed by atoms with E-state index in [2.05, 4.69) is 20.9 Å². The summed E-state index contributed by atoms with van der Waals surface area (Å²) in [5.74, 6) is -5.10. The van der Waals surface area contributed by atoms with Crippen LogP contribution in [0, 0.1) is 0 Å². The summed E-state index contributed by atoms with van der Waals surface area (Å²) in [5.41, 5.74) is -0.458. The number of aliphatic carboxylic acids is 1. The van der Waals surface area contributed by atoms with Crippen molar-refractivity contribution in [3.63, 3.8) is 0 Å². The number of carboxylic acids is 1. The van der Waals surface area contributed by atoms with Crippen molar-refractivity contribution in [2.24, 2.45) is 0 Å². The molecule has 0 bridgehead atoms. The van der Waals surface area contributed by atoms with Crippen LogP contribution in [0.5, 0.6) is 5.75 Å². The first-order chi connectivity index (χ1) is 9.82. The Balaban J connectivity index is 0.00000242. The molecule has 0 saturated carbocycles. The van der Waals surface area contributed by atoms with Crippen LogP contribution < -0.4 is 39.4 Å². The molecule has 1 aromatic heterocycles. The molecule has 0 radical (unpaired) electrons. The number of benzene rings is 1. The van der Waals surface area contributed by atoms with Gasteiger partial charge in [-0.05, 0) is 25.1 Å². The molecule has 4 nitrogen and oxygen atoms in total. The number of carboxylic acid groups (broad SMARTS) is 1. The van der Waals surface area contributed by atoms with Crippen molar-refractivity contribution in [3.05, 3.63) is 44.8 Å². The average molecular weight is 400 g/mol. The SMILES string of the molecule is C[C@H](Oc1ccc(Br)cc1C(F)(F)c1nccs1)C(=O)[O-].[Na+]. The average Bonchev–Trinajstić information content (AvgIpc) is 2.95. The zero-order valence-corrected chi connectivity index (χ0v) is 16.1. The van der Waals surface area contributed by atoms with Crippen LogP contribution in [0.15, 0.2) is 34.2 Å². The summed E-state index contributed by atoms with van der Waals surface area (Å²) in [5, 5.41) is 11.8. The van der Waals surface area contributed by atoms with Crippen LogP contribution >= 0.6 is 27.3 Å². The van der Waals surface area contributed by atoms with Gasteiger partial charge < -0.3 is 14.6 Å². The van der Waals surface area contributed by atoms with E-state index in [1.165, 1.54) is 36.7 Å². The zero-order chi connectivity index (χ0) is 15.6. The minimum atomic E-state index is -3.39. The standard InChI is InChI=1S/C13H10BrF2NO3S.Na/c1-7(11(18)19)20-10-3-2-8(14)6-9(10)13(15,16)12-17-4-5-21-12;/h2-7H,1H3,(H,18,19);/q;+1/p-1/t7-;/m0./s1. The topological polar surface area (TPSA) is 62.2 Å². The molecule has 0 aliphatic heterocycles. The van der Waals surface area contributed by atoms with Crippen molar-refractivity contribution in [2.45, 2.75) is 19.0 Å². The first kappa shape index (κ1) is 19.5. The number of carbonyl (C=O) groups excluding carboxylic acids is 1. The molecule has 2 rings (SSSR count). The fraction of sp³-hybridized carbons (Fsp3) is 0.231. The van der Waals surface area contributed by atoms with E-state index in [0.29, 0.717) is 4.47 Å². The van der Waals surface area contributed by atoms with Gasteiger partial charge in [0.15, 0.2) is 5.01 Å². The van der Waals surface area contributed by atoms with Crippen molar-refractivity contribution < 1.29 is 53.0 Å². The molecule has 22 heavy (non-hydrogen) atoms. The number of hydrogen-bond acceptors (Lipinski definition) is 5. The third-order valence-electron chi connectivity index (χ3n) is 2.62. The number of hydrogen-bond donors (Lipinski definition) is 0. The molecular weight excluding hydrogens is 391 g/mol. The summed E-state index contributed by atoms with van der Waals surface area (Å²) in [4.78, 5) is 14.3. The quantitative estimate of drug-likeness (QED) is 0.640. The van der Waals surface area contributed by atoms with Gasteiger partial charge in [-0.2, -0.15) is 8.78 Å². The number of rotatable bonds is 5. The Morgan fingerprint density at radius 2 is 2.18 bits per heavy atom. The summed E-state index contributed by atoms with van der Waals surface area (Å²) in [6.45, 7) is 1.21. The number of thiazole rings is 1. The van der Waals surface area contributed by atoms with E-state index in [1.807, 2.05) is 0 Å². The van der Waals surface area contributed by atoms with Crippen molar-refractivity contribution in [1.82, 2.24) is 4.98 Å². The van der Waals surface area contributed by atoms with Gasteiger partial charge in [0, 0.05) is 16.0 Å². The second kappa shape index (κ2) is 7.83. The Labute approximate surface area is 159 Å². The van der Waals surface area contributed by atoms with Crippen LogP contribution in [0.1, 0.15) is 17.5 Å². The van der Waals surface area contributed by atoms with E-state index in [1.54, 1.807) is 0 Å². The molecular formula is C13H9BrF2NNaO3S. The number of aromatic nitrogens is 1. The Hall–Kier alpha value is -0.540. The van der Waals surface area contributed by atoms with Crippen LogP contribution in [0.3, 0.4) is 0 Å². The maximum absolute atomic E-state index is 14.5. The molecule has 112 valence electrons. The van der Waals surface area contributed by atoms with Gasteiger partial charge in [-0.1, -0.05) is 15.9 Å². The van der Waals surface area contributed by atoms with Gasteiger partial charge in [0.05, 0.1) is 11.5 Å². The van der Waals surface area contributed by atoms with Crippen LogP contribution in [-0.4, -0.2) is 17.1 Å². The van der Waals surface area contributed by atoms with Gasteiger partial charge in [0.2, 0.25) is 0 Å². The first-order valence-electron chi connectivity index (χ1n) is 5.77. The fourth-order valence-electron chi connectivity index (χ4n) is 1.58. The van der Waals surface area contributed by atoms with Crippen molar-refractivity contribution in [1.29, 1.82) is 0 Å². The van der Waals surface area contributed by atoms with E-state index >= 15 is 0 Å². The summed E-state index contributed by atoms with van der Waals surface area (Å²) in [6.07, 6.45) is -0.0760. The third-order valence-corrected chi connectivity index (χ3v) is 3.95. The number of halogens is 3. The molecule has 0 unspecified atom stereocenters. The van der Waals surface area contributed by atoms with Gasteiger partial charge in [0.1, 0.15) is 11.9 Å². The molecule has 0 aliphatic rings. The van der Waals surface area contributed by atoms with Gasteiger partial charge >= 0.3 is 35.5 Å². The van der Waals surface area contributed by atoms with Crippen LogP contribution in [0.2, 0.25) is 0 Å². The summed E-state index contributed by atoms with van der Waals surface area (Å²) < 4.78 is 34.5. The molecule has 9 heteroatoms. The molecule has 2 aromatic rings. The Morgan fingerprint density at radius 3 is 2.73 bits per heavy atom. The minimum Gasteiger partial charge on any atom is -0.546 e. The normalized spacial score (nSPS) is 12.4. The molecule has 0 saturated heterocycles. The van der Waals surface area contributed by atoms with E-state index in [-0.39, 0.29) is 35.3 Å². The molecule has 1 heterocycles. The smallest absolute Gasteiger partial charge is 0.546 e. The van der Waals surface area contributed by atoms with E-state index in [9.17, 15) is 18.7 Å². The maximum atomic E-state index is 14.5. The second-order valence-corrected chi connectivity index (χ2v) is 5.94. The van der Waals surface area contributed by atoms with Gasteiger partial charge in [-0.15, -0.1) is 11.3 Å². The maximum Gasteiger partial charge on any atom is 1.00 e. The number of nitrogens with zero attached hydrogens (tertiary/aromatic N) is 1. The minimum absolute atomic E-state index is 0. The number of ether oxygens (including phenoxy) is 1. The predicted molar refractivity (Wildman–Crippen MR) is 74.3 cm³/mol. The molecule has 0 spiro atoms. The summed E-state index contributed by atoms with van der Waals surface area (Å²) in [6, 6.07) is 3.94. The first-order valence-corrected chi connectivity index (χ1v) is 7.45. The number of carbonyl (C=O) groups is 1. The Morgan fingerprint density at radius 1 is 1.50 bits per heavy atom. The summed E-state index contributed by atoms with van der Waals surface area (Å²) in [7, 11) is 0. The molecule has 0 fully saturated rings. The van der Waals surface area contributed by atoms with Crippen LogP contribution in [0.25, 0.3) is 0 Å². The fourth-order valence-corrected chi connectivity index (χ4v) is 2.57. The predicted octanol–water partition coefficient (Wildman–Crippen LogP) is -0.433. The van der Waals surface area contributed by atoms with E-state index in [0.717, 1.165) is 11.3 Å². The Kier molecular flexibility index (Phi) is 6.94. The van der Waals surface area contributed by atoms with Crippen molar-refractivity contribution in [2.75, 3.05) is 0 Å². The van der Waals surface area contributed by atoms with Gasteiger partial charge in [0.25, 0.3) is 0 Å². The van der Waals surface area contributed by atoms with E-state index < -0.39 is 28.6 Å². The van der Waals surface area contributed by atoms with Crippen molar-refractivity contribution >= 4 is 33.2 Å². The summed E-state index contributed by atoms with van der Waals surface area (Å²) >= 11 is 3.92. The molecule has 0 amide bonds. The molecule has 1 atom stereocenters. The largest absolute Gasteiger partial charge is 1.00 e. The van der Waals surface area contributed by atoms with Crippen LogP contribution in [0.4, 0.5) is 8.78 Å². The Bertz CT molecular complexity index is 655. The molecule has 0 aliphatic carbocycles. The molecule has 0 N–H and O–H groups in total. The van der Waals surface area contributed by atoms with Gasteiger partial charge in [-0.25, -0.2) is 4.98 Å². The third kappa shape index (κ3) is 4.26. The molecule has 1 aromatic carbocycles. The van der Waals surface area contributed by atoms with E-state index in [4.69, 9.17) is 4.74 Å².